The summed E-state index contributed by atoms with van der Waals surface area (Å²) in [7, 11) is 0. The highest BCUT2D eigenvalue weighted by molar-refractivity contribution is 7.18. The van der Waals surface area contributed by atoms with Crippen LogP contribution in [0.1, 0.15) is 41.9 Å². The van der Waals surface area contributed by atoms with E-state index in [9.17, 15) is 9.59 Å². The van der Waals surface area contributed by atoms with Crippen LogP contribution in [0, 0.1) is 17.8 Å². The first kappa shape index (κ1) is 18.8. The van der Waals surface area contributed by atoms with Crippen molar-refractivity contribution in [1.82, 2.24) is 19.8 Å². The molecule has 0 unspecified atom stereocenters. The maximum Gasteiger partial charge on any atom is 0.259 e. The summed E-state index contributed by atoms with van der Waals surface area (Å²) in [4.78, 5) is 40.2. The van der Waals surface area contributed by atoms with Crippen LogP contribution in [0.15, 0.2) is 16.9 Å². The average Bonchev–Trinajstić information content (AvgIpc) is 3.47. The predicted molar refractivity (Wildman–Crippen MR) is 118 cm³/mol. The van der Waals surface area contributed by atoms with Gasteiger partial charge in [-0.15, -0.1) is 11.3 Å². The van der Waals surface area contributed by atoms with Crippen molar-refractivity contribution >= 4 is 27.5 Å². The van der Waals surface area contributed by atoms with E-state index in [2.05, 4.69) is 26.9 Å². The molecule has 158 valence electrons. The lowest BCUT2D eigenvalue weighted by atomic mass is 9.92. The van der Waals surface area contributed by atoms with Crippen molar-refractivity contribution in [2.45, 2.75) is 45.1 Å². The van der Waals surface area contributed by atoms with Gasteiger partial charge in [-0.05, 0) is 55.9 Å². The highest BCUT2D eigenvalue weighted by Gasteiger charge is 2.41. The predicted octanol–water partition coefficient (Wildman–Crippen LogP) is 2.72. The summed E-state index contributed by atoms with van der Waals surface area (Å²) in [5.74, 6) is 2.41. The number of hydrogen-bond acceptors (Lipinski definition) is 5. The van der Waals surface area contributed by atoms with Crippen molar-refractivity contribution in [3.8, 4) is 0 Å². The number of carbonyl (C=O) groups excluding carboxylic acids is 1. The van der Waals surface area contributed by atoms with Gasteiger partial charge < -0.3 is 9.88 Å². The van der Waals surface area contributed by atoms with Crippen molar-refractivity contribution in [2.24, 2.45) is 17.8 Å². The molecule has 0 radical (unpaired) electrons. The summed E-state index contributed by atoms with van der Waals surface area (Å²) in [6, 6.07) is 0. The van der Waals surface area contributed by atoms with Crippen LogP contribution in [-0.2, 0) is 24.2 Å². The lowest BCUT2D eigenvalue weighted by molar-refractivity contribution is -0.138. The summed E-state index contributed by atoms with van der Waals surface area (Å²) in [5, 5.41) is 0.828. The summed E-state index contributed by atoms with van der Waals surface area (Å²) < 4.78 is 0. The molecular weight excluding hydrogens is 396 g/mol. The van der Waals surface area contributed by atoms with Crippen LogP contribution in [0.5, 0.6) is 0 Å². The molecule has 1 N–H and O–H groups in total. The fraction of sp³-hybridized carbons (Fsp3) is 0.609. The SMILES string of the molecule is O=C([C@@H]1C[C@@H]2C=C[C@H]1C2)N1CCN(Cc2nc3sc4c(c3c(=O)[nH]2)CCCC4)CC1. The number of hydrogen-bond donors (Lipinski definition) is 1. The van der Waals surface area contributed by atoms with E-state index >= 15 is 0 Å². The lowest BCUT2D eigenvalue weighted by Crippen LogP contribution is -2.50. The van der Waals surface area contributed by atoms with Gasteiger partial charge in [-0.3, -0.25) is 14.5 Å². The standard InChI is InChI=1S/C23H28N4O2S/c28-21-20-16-3-1-2-4-18(16)30-22(20)25-19(24-21)13-26-7-9-27(10-8-26)23(29)17-12-14-5-6-15(17)11-14/h5-6,14-15,17H,1-4,7-13H2,(H,24,25,28)/t14-,15+,17-/m1/s1. The third-order valence-electron chi connectivity index (χ3n) is 7.53. The molecular formula is C23H28N4O2S. The van der Waals surface area contributed by atoms with Crippen LogP contribution in [-0.4, -0.2) is 51.9 Å². The Bertz CT molecular complexity index is 1080. The highest BCUT2D eigenvalue weighted by Crippen LogP contribution is 2.44. The lowest BCUT2D eigenvalue weighted by Gasteiger charge is -2.36. The second-order valence-corrected chi connectivity index (χ2v) is 10.5. The number of aryl methyl sites for hydroxylation is 2. The van der Waals surface area contributed by atoms with Gasteiger partial charge in [0.2, 0.25) is 5.91 Å². The Hall–Kier alpha value is -1.99. The number of H-pyrrole nitrogens is 1. The topological polar surface area (TPSA) is 69.3 Å². The number of rotatable bonds is 3. The Morgan fingerprint density at radius 3 is 2.73 bits per heavy atom. The average molecular weight is 425 g/mol. The van der Waals surface area contributed by atoms with Crippen LogP contribution < -0.4 is 5.56 Å². The largest absolute Gasteiger partial charge is 0.340 e. The van der Waals surface area contributed by atoms with E-state index in [-0.39, 0.29) is 11.5 Å². The van der Waals surface area contributed by atoms with Gasteiger partial charge in [-0.1, -0.05) is 12.2 Å². The first-order valence-corrected chi connectivity index (χ1v) is 12.2. The first-order valence-electron chi connectivity index (χ1n) is 11.4. The van der Waals surface area contributed by atoms with Gasteiger partial charge in [0.15, 0.2) is 0 Å². The minimum Gasteiger partial charge on any atom is -0.340 e. The molecule has 0 aromatic carbocycles. The summed E-state index contributed by atoms with van der Waals surface area (Å²) >= 11 is 1.71. The molecule has 2 aromatic rings. The molecule has 1 amide bonds. The smallest absolute Gasteiger partial charge is 0.259 e. The highest BCUT2D eigenvalue weighted by atomic mass is 32.1. The maximum atomic E-state index is 13.0. The fourth-order valence-corrected chi connectivity index (χ4v) is 7.20. The molecule has 3 atom stereocenters. The first-order chi connectivity index (χ1) is 14.7. The molecule has 3 heterocycles. The van der Waals surface area contributed by atoms with Crippen molar-refractivity contribution in [2.75, 3.05) is 26.2 Å². The van der Waals surface area contributed by atoms with Gasteiger partial charge in [-0.2, -0.15) is 0 Å². The molecule has 1 saturated heterocycles. The van der Waals surface area contributed by atoms with Gasteiger partial charge in [0.05, 0.1) is 11.9 Å². The summed E-state index contributed by atoms with van der Waals surface area (Å²) in [6.45, 7) is 3.87. The Morgan fingerprint density at radius 1 is 1.13 bits per heavy atom. The van der Waals surface area contributed by atoms with Crippen molar-refractivity contribution in [3.05, 3.63) is 38.8 Å². The quantitative estimate of drug-likeness (QED) is 0.770. The van der Waals surface area contributed by atoms with Gasteiger partial charge in [0.25, 0.3) is 5.56 Å². The second-order valence-electron chi connectivity index (χ2n) is 9.39. The number of thiophene rings is 1. The van der Waals surface area contributed by atoms with Crippen molar-refractivity contribution in [3.63, 3.8) is 0 Å². The molecule has 4 aliphatic rings. The van der Waals surface area contributed by atoms with E-state index in [1.165, 1.54) is 29.7 Å². The van der Waals surface area contributed by atoms with E-state index in [1.807, 2.05) is 0 Å². The molecule has 3 aliphatic carbocycles. The Kier molecular flexibility index (Phi) is 4.57. The van der Waals surface area contributed by atoms with E-state index in [0.29, 0.717) is 24.3 Å². The molecule has 6 nitrogen and oxygen atoms in total. The molecule has 2 bridgehead atoms. The number of piperazine rings is 1. The zero-order valence-electron chi connectivity index (χ0n) is 17.2. The minimum atomic E-state index is 0.0209. The fourth-order valence-electron chi connectivity index (χ4n) is 5.92. The molecule has 30 heavy (non-hydrogen) atoms. The number of carbonyl (C=O) groups is 1. The second kappa shape index (κ2) is 7.31. The monoisotopic (exact) mass is 424 g/mol. The Balaban J connectivity index is 1.12. The molecule has 6 rings (SSSR count). The third kappa shape index (κ3) is 3.14. The number of amides is 1. The van der Waals surface area contributed by atoms with Gasteiger partial charge in [0, 0.05) is 37.0 Å². The molecule has 2 fully saturated rings. The number of aromatic nitrogens is 2. The van der Waals surface area contributed by atoms with E-state index < -0.39 is 0 Å². The molecule has 1 aliphatic heterocycles. The van der Waals surface area contributed by atoms with Crippen molar-refractivity contribution in [1.29, 1.82) is 0 Å². The Morgan fingerprint density at radius 2 is 1.97 bits per heavy atom. The maximum absolute atomic E-state index is 13.0. The van der Waals surface area contributed by atoms with Crippen LogP contribution in [0.2, 0.25) is 0 Å². The summed E-state index contributed by atoms with van der Waals surface area (Å²) in [6.07, 6.45) is 11.2. The van der Waals surface area contributed by atoms with Crippen LogP contribution in [0.25, 0.3) is 10.2 Å². The molecule has 2 aromatic heterocycles. The van der Waals surface area contributed by atoms with Gasteiger partial charge in [0.1, 0.15) is 10.7 Å². The molecule has 1 saturated carbocycles. The minimum absolute atomic E-state index is 0.0209. The number of nitrogens with one attached hydrogen (secondary N) is 1. The van der Waals surface area contributed by atoms with Crippen LogP contribution >= 0.6 is 11.3 Å². The summed E-state index contributed by atoms with van der Waals surface area (Å²) in [5.41, 5.74) is 1.26. The van der Waals surface area contributed by atoms with Gasteiger partial charge in [-0.25, -0.2) is 4.98 Å². The molecule has 0 spiro atoms. The van der Waals surface area contributed by atoms with E-state index in [4.69, 9.17) is 4.98 Å². The number of aromatic amines is 1. The normalized spacial score (nSPS) is 28.4. The number of fused-ring (bicyclic) bond motifs is 5. The number of nitrogens with zero attached hydrogens (tertiary/aromatic N) is 3. The zero-order valence-corrected chi connectivity index (χ0v) is 18.0. The molecule has 7 heteroatoms. The van der Waals surface area contributed by atoms with E-state index in [0.717, 1.165) is 61.5 Å². The zero-order chi connectivity index (χ0) is 20.2. The van der Waals surface area contributed by atoms with E-state index in [1.54, 1.807) is 11.3 Å². The third-order valence-corrected chi connectivity index (χ3v) is 8.71. The van der Waals surface area contributed by atoms with Crippen LogP contribution in [0.3, 0.4) is 0 Å². The van der Waals surface area contributed by atoms with Crippen LogP contribution in [0.4, 0.5) is 0 Å². The van der Waals surface area contributed by atoms with Crippen molar-refractivity contribution < 1.29 is 4.79 Å². The van der Waals surface area contributed by atoms with Gasteiger partial charge >= 0.3 is 0 Å². The number of allylic oxidation sites excluding steroid dienone is 2. The Labute approximate surface area is 180 Å².